The van der Waals surface area contributed by atoms with Gasteiger partial charge in [-0.25, -0.2) is 0 Å². The number of phenols is 1. The van der Waals surface area contributed by atoms with Crippen molar-refractivity contribution in [2.45, 2.75) is 43.8 Å². The van der Waals surface area contributed by atoms with E-state index in [9.17, 15) is 5.11 Å². The Morgan fingerprint density at radius 3 is 2.76 bits per heavy atom. The lowest BCUT2D eigenvalue weighted by atomic mass is 9.74. The first-order chi connectivity index (χ1) is 10.2. The monoisotopic (exact) mass is 284 g/mol. The molecule has 1 unspecified atom stereocenters. The standard InChI is InChI=1S/C18H20O3/c19-15-4-2-13-3-5-16(11-14(13)10-15)21-17-6-9-20-18(12-17)7-1-8-18/h2-5,10-11,17,19H,1,6-9,12H2. The van der Waals surface area contributed by atoms with Crippen molar-refractivity contribution in [1.29, 1.82) is 0 Å². The molecular weight excluding hydrogens is 264 g/mol. The van der Waals surface area contributed by atoms with Crippen LogP contribution in [0.3, 0.4) is 0 Å². The first-order valence-electron chi connectivity index (χ1n) is 7.76. The average molecular weight is 284 g/mol. The van der Waals surface area contributed by atoms with Crippen LogP contribution in [-0.2, 0) is 4.74 Å². The van der Waals surface area contributed by atoms with Crippen molar-refractivity contribution in [2.75, 3.05) is 6.61 Å². The van der Waals surface area contributed by atoms with E-state index >= 15 is 0 Å². The number of aromatic hydroxyl groups is 1. The lowest BCUT2D eigenvalue weighted by Gasteiger charge is -2.46. The Morgan fingerprint density at radius 1 is 1.10 bits per heavy atom. The zero-order valence-corrected chi connectivity index (χ0v) is 12.0. The summed E-state index contributed by atoms with van der Waals surface area (Å²) in [5.74, 6) is 1.17. The molecule has 1 aliphatic heterocycles. The van der Waals surface area contributed by atoms with Gasteiger partial charge in [-0.05, 0) is 54.3 Å². The normalized spacial score (nSPS) is 23.9. The van der Waals surface area contributed by atoms with Crippen LogP contribution < -0.4 is 4.74 Å². The van der Waals surface area contributed by atoms with Gasteiger partial charge in [-0.2, -0.15) is 0 Å². The molecule has 2 aromatic rings. The highest BCUT2D eigenvalue weighted by molar-refractivity contribution is 5.85. The van der Waals surface area contributed by atoms with E-state index in [1.54, 1.807) is 12.1 Å². The van der Waals surface area contributed by atoms with E-state index in [0.29, 0.717) is 5.75 Å². The third-order valence-corrected chi connectivity index (χ3v) is 4.81. The predicted molar refractivity (Wildman–Crippen MR) is 81.8 cm³/mol. The van der Waals surface area contributed by atoms with Crippen molar-refractivity contribution in [3.8, 4) is 11.5 Å². The van der Waals surface area contributed by atoms with Gasteiger partial charge in [0.2, 0.25) is 0 Å². The van der Waals surface area contributed by atoms with Gasteiger partial charge in [-0.1, -0.05) is 12.1 Å². The third-order valence-electron chi connectivity index (χ3n) is 4.81. The van der Waals surface area contributed by atoms with Crippen LogP contribution in [0.1, 0.15) is 32.1 Å². The van der Waals surface area contributed by atoms with Crippen LogP contribution in [0.2, 0.25) is 0 Å². The molecule has 110 valence electrons. The second kappa shape index (κ2) is 4.92. The Hall–Kier alpha value is -1.74. The molecule has 2 aromatic carbocycles. The smallest absolute Gasteiger partial charge is 0.120 e. The number of phenolic OH excluding ortho intramolecular Hbond substituents is 1. The van der Waals surface area contributed by atoms with E-state index in [1.807, 2.05) is 24.3 Å². The fraction of sp³-hybridized carbons (Fsp3) is 0.444. The molecule has 1 aliphatic carbocycles. The summed E-state index contributed by atoms with van der Waals surface area (Å²) in [5, 5.41) is 11.7. The Labute approximate surface area is 124 Å². The van der Waals surface area contributed by atoms with Crippen molar-refractivity contribution in [1.82, 2.24) is 0 Å². The lowest BCUT2D eigenvalue weighted by molar-refractivity contribution is -0.153. The fourth-order valence-corrected chi connectivity index (χ4v) is 3.48. The summed E-state index contributed by atoms with van der Waals surface area (Å²) in [6, 6.07) is 11.5. The molecule has 2 aliphatic rings. The molecule has 3 heteroatoms. The summed E-state index contributed by atoms with van der Waals surface area (Å²) in [5.41, 5.74) is 0.109. The minimum absolute atomic E-state index is 0.109. The predicted octanol–water partition coefficient (Wildman–Crippen LogP) is 4.03. The molecule has 21 heavy (non-hydrogen) atoms. The maximum Gasteiger partial charge on any atom is 0.120 e. The maximum absolute atomic E-state index is 9.59. The van der Waals surface area contributed by atoms with Crippen LogP contribution in [0.5, 0.6) is 11.5 Å². The SMILES string of the molecule is Oc1ccc2ccc(OC3CCOC4(CCC4)C3)cc2c1. The van der Waals surface area contributed by atoms with Gasteiger partial charge in [0.1, 0.15) is 17.6 Å². The highest BCUT2D eigenvalue weighted by Crippen LogP contribution is 2.43. The van der Waals surface area contributed by atoms with Crippen molar-refractivity contribution in [3.63, 3.8) is 0 Å². The number of hydrogen-bond donors (Lipinski definition) is 1. The van der Waals surface area contributed by atoms with Crippen LogP contribution in [0, 0.1) is 0 Å². The van der Waals surface area contributed by atoms with Crippen LogP contribution in [-0.4, -0.2) is 23.4 Å². The Morgan fingerprint density at radius 2 is 1.95 bits per heavy atom. The average Bonchev–Trinajstić information content (AvgIpc) is 2.45. The fourth-order valence-electron chi connectivity index (χ4n) is 3.48. The second-order valence-electron chi connectivity index (χ2n) is 6.31. The second-order valence-corrected chi connectivity index (χ2v) is 6.31. The summed E-state index contributed by atoms with van der Waals surface area (Å²) in [6.45, 7) is 0.805. The molecule has 4 rings (SSSR count). The van der Waals surface area contributed by atoms with Gasteiger partial charge in [-0.3, -0.25) is 0 Å². The number of rotatable bonds is 2. The van der Waals surface area contributed by atoms with Crippen molar-refractivity contribution in [3.05, 3.63) is 36.4 Å². The van der Waals surface area contributed by atoms with Gasteiger partial charge in [0, 0.05) is 12.8 Å². The summed E-state index contributed by atoms with van der Waals surface area (Å²) < 4.78 is 12.1. The zero-order chi connectivity index (χ0) is 14.3. The quantitative estimate of drug-likeness (QED) is 0.905. The lowest BCUT2D eigenvalue weighted by Crippen LogP contribution is -2.48. The summed E-state index contributed by atoms with van der Waals surface area (Å²) in [7, 11) is 0. The van der Waals surface area contributed by atoms with Gasteiger partial charge < -0.3 is 14.6 Å². The van der Waals surface area contributed by atoms with E-state index in [0.717, 1.165) is 36.0 Å². The van der Waals surface area contributed by atoms with Gasteiger partial charge in [-0.15, -0.1) is 0 Å². The molecule has 0 bridgehead atoms. The van der Waals surface area contributed by atoms with Crippen LogP contribution in [0.25, 0.3) is 10.8 Å². The molecule has 0 aromatic heterocycles. The Balaban J connectivity index is 1.53. The molecule has 3 nitrogen and oxygen atoms in total. The topological polar surface area (TPSA) is 38.7 Å². The largest absolute Gasteiger partial charge is 0.508 e. The number of benzene rings is 2. The Kier molecular flexibility index (Phi) is 3.03. The Bertz CT molecular complexity index is 661. The summed E-state index contributed by atoms with van der Waals surface area (Å²) in [4.78, 5) is 0. The molecule has 1 saturated carbocycles. The van der Waals surface area contributed by atoms with Gasteiger partial charge in [0.05, 0.1) is 12.2 Å². The molecule has 0 radical (unpaired) electrons. The molecule has 1 atom stereocenters. The molecule has 1 saturated heterocycles. The number of hydrogen-bond acceptors (Lipinski definition) is 3. The van der Waals surface area contributed by atoms with Crippen molar-refractivity contribution in [2.24, 2.45) is 0 Å². The van der Waals surface area contributed by atoms with Crippen molar-refractivity contribution < 1.29 is 14.6 Å². The zero-order valence-electron chi connectivity index (χ0n) is 12.0. The van der Waals surface area contributed by atoms with E-state index in [-0.39, 0.29) is 11.7 Å². The van der Waals surface area contributed by atoms with E-state index in [4.69, 9.17) is 9.47 Å². The third kappa shape index (κ3) is 2.46. The highest BCUT2D eigenvalue weighted by atomic mass is 16.5. The van der Waals surface area contributed by atoms with E-state index < -0.39 is 0 Å². The summed E-state index contributed by atoms with van der Waals surface area (Å²) >= 11 is 0. The molecule has 1 heterocycles. The molecule has 1 spiro atoms. The van der Waals surface area contributed by atoms with Crippen LogP contribution in [0.4, 0.5) is 0 Å². The molecular formula is C18H20O3. The molecule has 0 amide bonds. The van der Waals surface area contributed by atoms with E-state index in [1.165, 1.54) is 19.3 Å². The highest BCUT2D eigenvalue weighted by Gasteiger charge is 2.43. The number of ether oxygens (including phenoxy) is 2. The van der Waals surface area contributed by atoms with Gasteiger partial charge in [0.25, 0.3) is 0 Å². The number of fused-ring (bicyclic) bond motifs is 1. The maximum atomic E-state index is 9.59. The minimum atomic E-state index is 0.109. The van der Waals surface area contributed by atoms with E-state index in [2.05, 4.69) is 0 Å². The van der Waals surface area contributed by atoms with Crippen LogP contribution >= 0.6 is 0 Å². The van der Waals surface area contributed by atoms with Crippen LogP contribution in [0.15, 0.2) is 36.4 Å². The first-order valence-corrected chi connectivity index (χ1v) is 7.76. The van der Waals surface area contributed by atoms with Crippen molar-refractivity contribution >= 4 is 10.8 Å². The van der Waals surface area contributed by atoms with Gasteiger partial charge in [0.15, 0.2) is 0 Å². The minimum Gasteiger partial charge on any atom is -0.508 e. The van der Waals surface area contributed by atoms with Gasteiger partial charge >= 0.3 is 0 Å². The molecule has 1 N–H and O–H groups in total. The first kappa shape index (κ1) is 13.0. The molecule has 2 fully saturated rings. The summed E-state index contributed by atoms with van der Waals surface area (Å²) in [6.07, 6.45) is 5.85.